The number of rotatable bonds is 4. The fraction of sp³-hybridized carbons (Fsp3) is 0.0714. The van der Waals surface area contributed by atoms with Gasteiger partial charge in [-0.25, -0.2) is 4.79 Å². The van der Waals surface area contributed by atoms with Crippen LogP contribution in [0.5, 0.6) is 0 Å². The van der Waals surface area contributed by atoms with Crippen LogP contribution in [-0.4, -0.2) is 11.9 Å². The number of carbonyl (C=O) groups excluding carboxylic acids is 1. The van der Waals surface area contributed by atoms with E-state index in [9.17, 15) is 4.79 Å². The van der Waals surface area contributed by atoms with Gasteiger partial charge in [-0.2, -0.15) is 0 Å². The third-order valence-corrected chi connectivity index (χ3v) is 3.33. The molecular weight excluding hydrogens is 268 g/mol. The highest BCUT2D eigenvalue weighted by Crippen LogP contribution is 2.20. The van der Waals surface area contributed by atoms with E-state index in [4.69, 9.17) is 16.3 Å². The van der Waals surface area contributed by atoms with Gasteiger partial charge in [0, 0.05) is 9.92 Å². The van der Waals surface area contributed by atoms with E-state index >= 15 is 0 Å². The molecule has 0 N–H and O–H groups in total. The third kappa shape index (κ3) is 3.79. The van der Waals surface area contributed by atoms with Gasteiger partial charge in [-0.3, -0.25) is 0 Å². The number of benzene rings is 2. The number of halogens is 1. The fourth-order valence-corrected chi connectivity index (χ4v) is 2.10. The van der Waals surface area contributed by atoms with Crippen molar-refractivity contribution < 1.29 is 9.53 Å². The van der Waals surface area contributed by atoms with Crippen LogP contribution >= 0.6 is 23.4 Å². The van der Waals surface area contributed by atoms with E-state index in [0.717, 1.165) is 4.90 Å². The highest BCUT2D eigenvalue weighted by atomic mass is 35.5. The molecule has 92 valence electrons. The SMILES string of the molecule is O=C(OCSc1ccc(Cl)cc1)c1ccccc1. The smallest absolute Gasteiger partial charge is 0.338 e. The van der Waals surface area contributed by atoms with E-state index in [1.54, 1.807) is 12.1 Å². The molecule has 0 aromatic heterocycles. The van der Waals surface area contributed by atoms with Crippen LogP contribution in [-0.2, 0) is 4.74 Å². The van der Waals surface area contributed by atoms with Gasteiger partial charge in [0.15, 0.2) is 0 Å². The predicted molar refractivity (Wildman–Crippen MR) is 74.0 cm³/mol. The van der Waals surface area contributed by atoms with Crippen LogP contribution in [0, 0.1) is 0 Å². The minimum absolute atomic E-state index is 0.287. The summed E-state index contributed by atoms with van der Waals surface area (Å²) >= 11 is 7.23. The van der Waals surface area contributed by atoms with Crippen LogP contribution in [0.4, 0.5) is 0 Å². The molecular formula is C14H11ClO2S. The van der Waals surface area contributed by atoms with Crippen molar-refractivity contribution in [3.05, 3.63) is 65.2 Å². The molecule has 0 aliphatic carbocycles. The van der Waals surface area contributed by atoms with Gasteiger partial charge in [0.05, 0.1) is 5.56 Å². The summed E-state index contributed by atoms with van der Waals surface area (Å²) in [7, 11) is 0. The summed E-state index contributed by atoms with van der Waals surface area (Å²) in [5.41, 5.74) is 0.564. The Morgan fingerprint density at radius 1 is 1.06 bits per heavy atom. The lowest BCUT2D eigenvalue weighted by Crippen LogP contribution is -2.04. The average molecular weight is 279 g/mol. The lowest BCUT2D eigenvalue weighted by atomic mass is 10.2. The number of hydrogen-bond acceptors (Lipinski definition) is 3. The number of hydrogen-bond donors (Lipinski definition) is 0. The Hall–Kier alpha value is -1.45. The van der Waals surface area contributed by atoms with Crippen LogP contribution in [0.25, 0.3) is 0 Å². The first-order valence-electron chi connectivity index (χ1n) is 5.36. The van der Waals surface area contributed by atoms with Crippen LogP contribution in [0.1, 0.15) is 10.4 Å². The molecule has 0 saturated carbocycles. The van der Waals surface area contributed by atoms with E-state index in [0.29, 0.717) is 10.6 Å². The molecule has 18 heavy (non-hydrogen) atoms. The van der Waals surface area contributed by atoms with Crippen LogP contribution < -0.4 is 0 Å². The second kappa shape index (κ2) is 6.47. The first-order valence-corrected chi connectivity index (χ1v) is 6.72. The highest BCUT2D eigenvalue weighted by molar-refractivity contribution is 7.99. The fourth-order valence-electron chi connectivity index (χ4n) is 1.34. The maximum atomic E-state index is 11.6. The molecule has 0 aliphatic rings. The maximum Gasteiger partial charge on any atom is 0.338 e. The first kappa shape index (κ1) is 13.0. The quantitative estimate of drug-likeness (QED) is 0.475. The minimum Gasteiger partial charge on any atom is -0.451 e. The molecule has 0 radical (unpaired) electrons. The number of ether oxygens (including phenoxy) is 1. The predicted octanol–water partition coefficient (Wildman–Crippen LogP) is 4.25. The molecule has 2 aromatic carbocycles. The summed E-state index contributed by atoms with van der Waals surface area (Å²) in [6.45, 7) is 0. The normalized spacial score (nSPS) is 10.1. The second-order valence-corrected chi connectivity index (χ2v) is 4.95. The topological polar surface area (TPSA) is 26.3 Å². The Kier molecular flexibility index (Phi) is 4.67. The van der Waals surface area contributed by atoms with Gasteiger partial charge in [0.1, 0.15) is 5.94 Å². The Labute approximate surface area is 115 Å². The molecule has 0 fully saturated rings. The van der Waals surface area contributed by atoms with Crippen molar-refractivity contribution in [2.24, 2.45) is 0 Å². The highest BCUT2D eigenvalue weighted by Gasteiger charge is 2.05. The second-order valence-electron chi connectivity index (χ2n) is 3.51. The lowest BCUT2D eigenvalue weighted by molar-refractivity contribution is 0.0579. The third-order valence-electron chi connectivity index (χ3n) is 2.24. The molecule has 2 nitrogen and oxygen atoms in total. The Morgan fingerprint density at radius 3 is 2.39 bits per heavy atom. The summed E-state index contributed by atoms with van der Waals surface area (Å²) in [5, 5.41) is 0.695. The summed E-state index contributed by atoms with van der Waals surface area (Å²) in [5.74, 6) is -0.0212. The molecule has 4 heteroatoms. The molecule has 0 heterocycles. The molecule has 2 aromatic rings. The molecule has 0 atom stereocenters. The Balaban J connectivity index is 1.82. The summed E-state index contributed by atoms with van der Waals surface area (Å²) in [6.07, 6.45) is 0. The van der Waals surface area contributed by atoms with Crippen molar-refractivity contribution in [3.8, 4) is 0 Å². The van der Waals surface area contributed by atoms with Gasteiger partial charge >= 0.3 is 5.97 Å². The van der Waals surface area contributed by atoms with Crippen molar-refractivity contribution in [1.29, 1.82) is 0 Å². The Bertz CT molecular complexity index is 511. The molecule has 0 amide bonds. The van der Waals surface area contributed by atoms with E-state index in [2.05, 4.69) is 0 Å². The molecule has 0 saturated heterocycles. The minimum atomic E-state index is -0.308. The largest absolute Gasteiger partial charge is 0.451 e. The van der Waals surface area contributed by atoms with Gasteiger partial charge in [0.2, 0.25) is 0 Å². The molecule has 2 rings (SSSR count). The van der Waals surface area contributed by atoms with Crippen LogP contribution in [0.3, 0.4) is 0 Å². The van der Waals surface area contributed by atoms with Crippen LogP contribution in [0.15, 0.2) is 59.5 Å². The van der Waals surface area contributed by atoms with Gasteiger partial charge in [-0.05, 0) is 36.4 Å². The summed E-state index contributed by atoms with van der Waals surface area (Å²) < 4.78 is 5.15. The monoisotopic (exact) mass is 278 g/mol. The average Bonchev–Trinajstić information content (AvgIpc) is 2.42. The zero-order valence-electron chi connectivity index (χ0n) is 9.51. The van der Waals surface area contributed by atoms with Gasteiger partial charge in [0.25, 0.3) is 0 Å². The van der Waals surface area contributed by atoms with Crippen molar-refractivity contribution in [2.75, 3.05) is 5.94 Å². The van der Waals surface area contributed by atoms with Crippen molar-refractivity contribution in [3.63, 3.8) is 0 Å². The van der Waals surface area contributed by atoms with E-state index < -0.39 is 0 Å². The molecule has 0 aliphatic heterocycles. The van der Waals surface area contributed by atoms with Gasteiger partial charge < -0.3 is 4.74 Å². The molecule has 0 unspecified atom stereocenters. The van der Waals surface area contributed by atoms with Crippen molar-refractivity contribution in [2.45, 2.75) is 4.90 Å². The van der Waals surface area contributed by atoms with E-state index in [1.807, 2.05) is 42.5 Å². The summed E-state index contributed by atoms with van der Waals surface area (Å²) in [4.78, 5) is 12.6. The zero-order valence-corrected chi connectivity index (χ0v) is 11.1. The van der Waals surface area contributed by atoms with Crippen molar-refractivity contribution >= 4 is 29.3 Å². The number of carbonyl (C=O) groups is 1. The van der Waals surface area contributed by atoms with Crippen molar-refractivity contribution in [1.82, 2.24) is 0 Å². The van der Waals surface area contributed by atoms with Gasteiger partial charge in [-0.15, -0.1) is 0 Å². The molecule has 0 bridgehead atoms. The summed E-state index contributed by atoms with van der Waals surface area (Å²) in [6, 6.07) is 16.3. The lowest BCUT2D eigenvalue weighted by Gasteiger charge is -2.04. The number of esters is 1. The number of thioether (sulfide) groups is 1. The van der Waals surface area contributed by atoms with Gasteiger partial charge in [-0.1, -0.05) is 41.6 Å². The standard InChI is InChI=1S/C14H11ClO2S/c15-12-6-8-13(9-7-12)18-10-17-14(16)11-4-2-1-3-5-11/h1-9H,10H2. The van der Waals surface area contributed by atoms with E-state index in [1.165, 1.54) is 11.8 Å². The maximum absolute atomic E-state index is 11.6. The van der Waals surface area contributed by atoms with Crippen LogP contribution in [0.2, 0.25) is 5.02 Å². The zero-order chi connectivity index (χ0) is 12.8. The Morgan fingerprint density at radius 2 is 1.72 bits per heavy atom. The van der Waals surface area contributed by atoms with E-state index in [-0.39, 0.29) is 11.9 Å². The molecule has 0 spiro atoms. The first-order chi connectivity index (χ1) is 8.75.